The molecule has 0 saturated carbocycles. The summed E-state index contributed by atoms with van der Waals surface area (Å²) in [7, 11) is -5.89. The summed E-state index contributed by atoms with van der Waals surface area (Å²) >= 11 is 0. The first kappa shape index (κ1) is 19.7. The molecule has 2 N–H and O–H groups in total. The van der Waals surface area contributed by atoms with Crippen molar-refractivity contribution >= 4 is 16.0 Å². The summed E-state index contributed by atoms with van der Waals surface area (Å²) < 4.78 is 63.4. The Hall–Kier alpha value is -2.35. The summed E-state index contributed by atoms with van der Waals surface area (Å²) in [5.74, 6) is -1.51. The fourth-order valence-corrected chi connectivity index (χ4v) is 2.26. The van der Waals surface area contributed by atoms with Crippen LogP contribution in [-0.2, 0) is 27.8 Å². The van der Waals surface area contributed by atoms with E-state index in [9.17, 15) is 31.6 Å². The predicted octanol–water partition coefficient (Wildman–Crippen LogP) is 1.55. The quantitative estimate of drug-likeness (QED) is 0.578. The third kappa shape index (κ3) is 4.82. The van der Waals surface area contributed by atoms with Crippen molar-refractivity contribution in [3.05, 3.63) is 22.9 Å². The van der Waals surface area contributed by atoms with Crippen LogP contribution in [0.25, 0.3) is 0 Å². The van der Waals surface area contributed by atoms with Gasteiger partial charge < -0.3 is 9.92 Å². The molecule has 0 aliphatic heterocycles. The maximum Gasteiger partial charge on any atom is 0.534 e. The molecule has 24 heavy (non-hydrogen) atoms. The van der Waals surface area contributed by atoms with Gasteiger partial charge in [-0.3, -0.25) is 4.79 Å². The zero-order valence-electron chi connectivity index (χ0n) is 12.6. The van der Waals surface area contributed by atoms with Crippen LogP contribution in [0, 0.1) is 11.3 Å². The van der Waals surface area contributed by atoms with Crippen LogP contribution in [0.5, 0.6) is 5.88 Å². The first-order valence-corrected chi connectivity index (χ1v) is 8.14. The highest BCUT2D eigenvalue weighted by molar-refractivity contribution is 7.87. The Morgan fingerprint density at radius 2 is 2.04 bits per heavy atom. The highest BCUT2D eigenvalue weighted by atomic mass is 32.2. The Kier molecular flexibility index (Phi) is 6.14. The van der Waals surface area contributed by atoms with E-state index in [2.05, 4.69) is 9.17 Å². The number of nitrogens with zero attached hydrogens (tertiary/aromatic N) is 2. The Morgan fingerprint density at radius 1 is 1.42 bits per heavy atom. The number of rotatable bonds is 7. The molecule has 0 unspecified atom stereocenters. The second-order valence-corrected chi connectivity index (χ2v) is 6.29. The Labute approximate surface area is 136 Å². The Balaban J connectivity index is 3.36. The molecule has 1 amide bonds. The van der Waals surface area contributed by atoms with Crippen LogP contribution in [-0.4, -0.2) is 24.8 Å². The van der Waals surface area contributed by atoms with Crippen molar-refractivity contribution in [3.63, 3.8) is 0 Å². The minimum atomic E-state index is -5.89. The van der Waals surface area contributed by atoms with E-state index in [0.29, 0.717) is 6.42 Å². The van der Waals surface area contributed by atoms with Gasteiger partial charge in [-0.1, -0.05) is 13.3 Å². The number of carbonyl (C=O) groups excluding carboxylic acids is 1. The molecular weight excluding hydrogens is 351 g/mol. The number of hydrogen-bond acceptors (Lipinski definition) is 6. The Bertz CT molecular complexity index is 770. The molecule has 0 aromatic carbocycles. The van der Waals surface area contributed by atoms with E-state index in [4.69, 9.17) is 5.73 Å². The average molecular weight is 365 g/mol. The number of hydrogen-bond donors (Lipinski definition) is 1. The molecule has 0 atom stereocenters. The molecule has 0 aliphatic rings. The molecule has 11 heteroatoms. The molecule has 7 nitrogen and oxygen atoms in total. The van der Waals surface area contributed by atoms with Gasteiger partial charge in [0.2, 0.25) is 11.8 Å². The van der Waals surface area contributed by atoms with Crippen molar-refractivity contribution in [2.45, 2.75) is 38.1 Å². The largest absolute Gasteiger partial charge is 0.534 e. The minimum absolute atomic E-state index is 0.0466. The first-order chi connectivity index (χ1) is 11.0. The van der Waals surface area contributed by atoms with Crippen molar-refractivity contribution in [1.82, 2.24) is 4.98 Å². The van der Waals surface area contributed by atoms with Crippen LogP contribution in [0.3, 0.4) is 0 Å². The van der Waals surface area contributed by atoms with Gasteiger partial charge in [-0.25, -0.2) is 4.98 Å². The number of halogens is 3. The van der Waals surface area contributed by atoms with Gasteiger partial charge in [0, 0.05) is 12.5 Å². The summed E-state index contributed by atoms with van der Waals surface area (Å²) in [5, 5.41) is 9.20. The molecule has 1 aromatic rings. The lowest BCUT2D eigenvalue weighted by Gasteiger charge is -2.13. The normalized spacial score (nSPS) is 11.8. The molecule has 0 bridgehead atoms. The molecular formula is C13H14F3N3O4S. The molecule has 0 aliphatic carbocycles. The lowest BCUT2D eigenvalue weighted by Crippen LogP contribution is -2.28. The van der Waals surface area contributed by atoms with Gasteiger partial charge in [0.25, 0.3) is 0 Å². The van der Waals surface area contributed by atoms with Crippen LogP contribution in [0.2, 0.25) is 0 Å². The minimum Gasteiger partial charge on any atom is -0.370 e. The van der Waals surface area contributed by atoms with Crippen molar-refractivity contribution in [3.8, 4) is 11.9 Å². The third-order valence-electron chi connectivity index (χ3n) is 2.87. The lowest BCUT2D eigenvalue weighted by molar-refractivity contribution is -0.118. The predicted molar refractivity (Wildman–Crippen MR) is 76.1 cm³/mol. The van der Waals surface area contributed by atoms with E-state index in [0.717, 1.165) is 6.07 Å². The molecule has 1 heterocycles. The van der Waals surface area contributed by atoms with Crippen LogP contribution < -0.4 is 9.92 Å². The molecule has 0 radical (unpaired) electrons. The van der Waals surface area contributed by atoms with E-state index in [1.807, 2.05) is 6.07 Å². The van der Waals surface area contributed by atoms with Gasteiger partial charge in [0.1, 0.15) is 6.07 Å². The van der Waals surface area contributed by atoms with Gasteiger partial charge in [0.05, 0.1) is 11.3 Å². The maximum absolute atomic E-state index is 12.4. The zero-order valence-corrected chi connectivity index (χ0v) is 13.4. The summed E-state index contributed by atoms with van der Waals surface area (Å²) in [5.41, 5.74) is -0.313. The van der Waals surface area contributed by atoms with Crippen LogP contribution in [0.1, 0.15) is 36.6 Å². The summed E-state index contributed by atoms with van der Waals surface area (Å²) in [6.07, 6.45) is 0.498. The molecule has 1 rings (SSSR count). The number of alkyl halides is 3. The topological polar surface area (TPSA) is 123 Å². The third-order valence-corrected chi connectivity index (χ3v) is 3.83. The molecule has 1 aromatic heterocycles. The monoisotopic (exact) mass is 365 g/mol. The SMILES string of the molecule is CCCc1cc(OS(=O)(=O)C(F)(F)F)nc(CCC(N)=O)c1C#N. The van der Waals surface area contributed by atoms with Crippen LogP contribution in [0.15, 0.2) is 6.07 Å². The lowest BCUT2D eigenvalue weighted by atomic mass is 10.0. The van der Waals surface area contributed by atoms with Gasteiger partial charge in [0.15, 0.2) is 0 Å². The smallest absolute Gasteiger partial charge is 0.370 e. The highest BCUT2D eigenvalue weighted by Crippen LogP contribution is 2.28. The number of aryl methyl sites for hydroxylation is 2. The fourth-order valence-electron chi connectivity index (χ4n) is 1.86. The average Bonchev–Trinajstić information content (AvgIpc) is 2.43. The van der Waals surface area contributed by atoms with Gasteiger partial charge in [-0.15, -0.1) is 0 Å². The van der Waals surface area contributed by atoms with Gasteiger partial charge in [-0.05, 0) is 18.4 Å². The number of carbonyl (C=O) groups is 1. The summed E-state index contributed by atoms with van der Waals surface area (Å²) in [4.78, 5) is 14.5. The fraction of sp³-hybridized carbons (Fsp3) is 0.462. The van der Waals surface area contributed by atoms with Crippen molar-refractivity contribution in [2.24, 2.45) is 5.73 Å². The number of primary amides is 1. The number of pyridine rings is 1. The second kappa shape index (κ2) is 7.48. The van der Waals surface area contributed by atoms with Crippen LogP contribution in [0.4, 0.5) is 13.2 Å². The van der Waals surface area contributed by atoms with E-state index in [-0.39, 0.29) is 36.1 Å². The number of nitrogens with two attached hydrogens (primary N) is 1. The maximum atomic E-state index is 12.4. The van der Waals surface area contributed by atoms with E-state index < -0.39 is 27.4 Å². The number of amides is 1. The van der Waals surface area contributed by atoms with Crippen LogP contribution >= 0.6 is 0 Å². The summed E-state index contributed by atoms with van der Waals surface area (Å²) in [6, 6.07) is 2.82. The van der Waals surface area contributed by atoms with Crippen molar-refractivity contribution in [2.75, 3.05) is 0 Å². The molecule has 0 spiro atoms. The van der Waals surface area contributed by atoms with Crippen molar-refractivity contribution < 1.29 is 30.6 Å². The zero-order chi connectivity index (χ0) is 18.5. The van der Waals surface area contributed by atoms with Gasteiger partial charge in [-0.2, -0.15) is 26.9 Å². The Morgan fingerprint density at radius 3 is 2.50 bits per heavy atom. The van der Waals surface area contributed by atoms with Crippen molar-refractivity contribution in [1.29, 1.82) is 5.26 Å². The van der Waals surface area contributed by atoms with E-state index in [1.165, 1.54) is 0 Å². The van der Waals surface area contributed by atoms with E-state index in [1.54, 1.807) is 6.92 Å². The number of nitriles is 1. The molecule has 0 saturated heterocycles. The van der Waals surface area contributed by atoms with Gasteiger partial charge >= 0.3 is 15.6 Å². The molecule has 132 valence electrons. The first-order valence-electron chi connectivity index (χ1n) is 6.73. The molecule has 0 fully saturated rings. The summed E-state index contributed by atoms with van der Waals surface area (Å²) in [6.45, 7) is 1.76. The highest BCUT2D eigenvalue weighted by Gasteiger charge is 2.49. The van der Waals surface area contributed by atoms with E-state index >= 15 is 0 Å². The number of aromatic nitrogens is 1. The standard InChI is InChI=1S/C13H14F3N3O4S/c1-2-3-8-6-12(23-24(21,22)13(14,15)16)19-10(9(8)7-17)4-5-11(18)20/h6H,2-5H2,1H3,(H2,18,20). The second-order valence-electron chi connectivity index (χ2n) is 4.75.